The predicted molar refractivity (Wildman–Crippen MR) is 142 cm³/mol. The van der Waals surface area contributed by atoms with Crippen molar-refractivity contribution < 1.29 is 29.6 Å². The number of ether oxygens (including phenoxy) is 1. The van der Waals surface area contributed by atoms with Gasteiger partial charge >= 0.3 is 5.97 Å². The van der Waals surface area contributed by atoms with Gasteiger partial charge in [-0.2, -0.15) is 0 Å². The number of hydrogen-bond donors (Lipinski definition) is 3. The number of thiazole rings is 1. The Morgan fingerprint density at radius 1 is 1.27 bits per heavy atom. The van der Waals surface area contributed by atoms with E-state index in [1.807, 2.05) is 19.2 Å². The zero-order chi connectivity index (χ0) is 27.9. The molecule has 3 N–H and O–H groups in total. The Morgan fingerprint density at radius 3 is 2.54 bits per heavy atom. The van der Waals surface area contributed by atoms with E-state index >= 15 is 0 Å². The summed E-state index contributed by atoms with van der Waals surface area (Å²) in [5, 5.41) is 39.1. The van der Waals surface area contributed by atoms with E-state index in [0.29, 0.717) is 30.5 Å². The van der Waals surface area contributed by atoms with Crippen LogP contribution in [0.5, 0.6) is 0 Å². The molecule has 1 aromatic heterocycles. The molecule has 206 valence electrons. The topological polar surface area (TPSA) is 166 Å². The van der Waals surface area contributed by atoms with Crippen LogP contribution in [0.1, 0.15) is 77.4 Å². The van der Waals surface area contributed by atoms with Crippen LogP contribution in [0.15, 0.2) is 16.1 Å². The van der Waals surface area contributed by atoms with Gasteiger partial charge in [0.15, 0.2) is 0 Å². The molecule has 1 aliphatic heterocycles. The van der Waals surface area contributed by atoms with Gasteiger partial charge in [0.05, 0.1) is 46.9 Å². The second kappa shape index (κ2) is 13.5. The fourth-order valence-corrected chi connectivity index (χ4v) is 5.28. The van der Waals surface area contributed by atoms with Crippen LogP contribution in [0.4, 0.5) is 0 Å². The van der Waals surface area contributed by atoms with Crippen LogP contribution in [0.25, 0.3) is 16.5 Å². The molecule has 0 aliphatic carbocycles. The molecule has 0 radical (unpaired) electrons. The number of esters is 1. The Morgan fingerprint density at radius 2 is 1.95 bits per heavy atom. The molecule has 7 atom stereocenters. The van der Waals surface area contributed by atoms with Crippen LogP contribution in [0.2, 0.25) is 0 Å². The number of cyclic esters (lactones) is 1. The normalized spacial score (nSPS) is 32.9. The average Bonchev–Trinajstić information content (AvgIpc) is 3.24. The van der Waals surface area contributed by atoms with Gasteiger partial charge in [-0.05, 0) is 49.8 Å². The van der Waals surface area contributed by atoms with Crippen LogP contribution in [0.3, 0.4) is 0 Å². The number of carbonyl (C=O) groups excluding carboxylic acids is 2. The number of ketones is 1. The Bertz CT molecular complexity index is 1020. The standard InChI is InChI=1S/C26H40N4O6S/c1-14-8-7-9-19(29-30-27)20(31)11-21(15(2)10-18-13-37-17(4)28-18)36-23(33)12-22(32)26(5,6)25(35)16(3)24(14)34/h10,13-14,16,19-22,24,31-32,34H,7-9,11-12H2,1-6H3/t14-,16+,19+,20?,21-,22-,24-/m0/s1. The first-order valence-corrected chi connectivity index (χ1v) is 13.6. The van der Waals surface area contributed by atoms with Gasteiger partial charge in [-0.15, -0.1) is 11.3 Å². The molecule has 0 amide bonds. The molecular weight excluding hydrogens is 496 g/mol. The number of aliphatic hydroxyl groups is 3. The van der Waals surface area contributed by atoms with Gasteiger partial charge < -0.3 is 20.1 Å². The lowest BCUT2D eigenvalue weighted by Gasteiger charge is -2.35. The highest BCUT2D eigenvalue weighted by Gasteiger charge is 2.42. The minimum absolute atomic E-state index is 0.0193. The summed E-state index contributed by atoms with van der Waals surface area (Å²) in [5.41, 5.74) is 9.10. The molecule has 1 saturated heterocycles. The summed E-state index contributed by atoms with van der Waals surface area (Å²) in [6.07, 6.45) is -1.47. The lowest BCUT2D eigenvalue weighted by molar-refractivity contribution is -0.155. The van der Waals surface area contributed by atoms with Gasteiger partial charge in [0, 0.05) is 22.6 Å². The number of aryl methyl sites for hydroxylation is 1. The molecule has 1 aliphatic rings. The molecule has 10 nitrogen and oxygen atoms in total. The monoisotopic (exact) mass is 536 g/mol. The van der Waals surface area contributed by atoms with Crippen LogP contribution < -0.4 is 0 Å². The molecule has 0 saturated carbocycles. The van der Waals surface area contributed by atoms with Crippen LogP contribution >= 0.6 is 11.3 Å². The van der Waals surface area contributed by atoms with Crippen molar-refractivity contribution in [3.05, 3.63) is 32.1 Å². The molecule has 1 unspecified atom stereocenters. The Balaban J connectivity index is 2.41. The summed E-state index contributed by atoms with van der Waals surface area (Å²) in [6.45, 7) is 10.2. The van der Waals surface area contributed by atoms with E-state index in [9.17, 15) is 24.9 Å². The maximum Gasteiger partial charge on any atom is 0.309 e. The quantitative estimate of drug-likeness (QED) is 0.223. The minimum atomic E-state index is -1.34. The first kappa shape index (κ1) is 30.9. The van der Waals surface area contributed by atoms with Crippen molar-refractivity contribution in [2.75, 3.05) is 0 Å². The van der Waals surface area contributed by atoms with Gasteiger partial charge in [0.25, 0.3) is 0 Å². The second-order valence-electron chi connectivity index (χ2n) is 10.7. The summed E-state index contributed by atoms with van der Waals surface area (Å²) < 4.78 is 5.71. The summed E-state index contributed by atoms with van der Waals surface area (Å²) in [7, 11) is 0. The average molecular weight is 537 g/mol. The van der Waals surface area contributed by atoms with Crippen molar-refractivity contribution in [1.29, 1.82) is 0 Å². The molecular formula is C26H40N4O6S. The van der Waals surface area contributed by atoms with Crippen LogP contribution in [-0.2, 0) is 14.3 Å². The zero-order valence-electron chi connectivity index (χ0n) is 22.5. The minimum Gasteiger partial charge on any atom is -0.458 e. The van der Waals surface area contributed by atoms with Gasteiger partial charge in [-0.1, -0.05) is 39.2 Å². The zero-order valence-corrected chi connectivity index (χ0v) is 23.3. The second-order valence-corrected chi connectivity index (χ2v) is 11.8. The van der Waals surface area contributed by atoms with Gasteiger partial charge in [0.1, 0.15) is 11.9 Å². The maximum atomic E-state index is 13.2. The Hall–Kier alpha value is -2.30. The fourth-order valence-electron chi connectivity index (χ4n) is 4.71. The highest BCUT2D eigenvalue weighted by Crippen LogP contribution is 2.33. The molecule has 37 heavy (non-hydrogen) atoms. The third kappa shape index (κ3) is 8.35. The molecule has 2 heterocycles. The number of nitrogens with zero attached hydrogens (tertiary/aromatic N) is 4. The van der Waals surface area contributed by atoms with Crippen molar-refractivity contribution in [2.45, 2.75) is 104 Å². The number of azide groups is 1. The molecule has 11 heteroatoms. The number of aromatic nitrogens is 1. The van der Waals surface area contributed by atoms with Crippen LogP contribution in [-0.4, -0.2) is 62.5 Å². The van der Waals surface area contributed by atoms with Crippen LogP contribution in [0, 0.1) is 24.2 Å². The SMILES string of the molecule is CC(=Cc1csc(C)n1)[C@@H]1CC(O)[C@H](N=[N+]=[N-])CCC[C@H](C)[C@H](O)[C@@H](C)C(=O)C(C)(C)[C@@H](O)CC(=O)O1. The fraction of sp³-hybridized carbons (Fsp3) is 0.731. The van der Waals surface area contributed by atoms with E-state index in [4.69, 9.17) is 10.3 Å². The smallest absolute Gasteiger partial charge is 0.309 e. The van der Waals surface area contributed by atoms with E-state index in [-0.39, 0.29) is 18.1 Å². The molecule has 0 aromatic carbocycles. The van der Waals surface area contributed by atoms with E-state index in [0.717, 1.165) is 5.01 Å². The first-order chi connectivity index (χ1) is 17.3. The van der Waals surface area contributed by atoms with Gasteiger partial charge in [0.2, 0.25) is 0 Å². The van der Waals surface area contributed by atoms with Crippen molar-refractivity contribution in [3.63, 3.8) is 0 Å². The van der Waals surface area contributed by atoms with E-state index in [1.54, 1.807) is 33.8 Å². The molecule has 0 bridgehead atoms. The summed E-state index contributed by atoms with van der Waals surface area (Å²) >= 11 is 1.48. The molecule has 1 fully saturated rings. The molecule has 1 aromatic rings. The first-order valence-electron chi connectivity index (χ1n) is 12.7. The highest BCUT2D eigenvalue weighted by molar-refractivity contribution is 7.09. The highest BCUT2D eigenvalue weighted by atomic mass is 32.1. The number of carbonyl (C=O) groups is 2. The third-order valence-electron chi connectivity index (χ3n) is 7.39. The lowest BCUT2D eigenvalue weighted by Crippen LogP contribution is -2.46. The molecule has 0 spiro atoms. The number of Topliss-reactive ketones (excluding diaryl/α,β-unsaturated/α-hetero) is 1. The Kier molecular flexibility index (Phi) is 11.3. The van der Waals surface area contributed by atoms with Gasteiger partial charge in [-0.25, -0.2) is 4.98 Å². The number of rotatable bonds is 3. The number of hydrogen-bond acceptors (Lipinski definition) is 9. The van der Waals surface area contributed by atoms with Crippen molar-refractivity contribution in [2.24, 2.45) is 22.4 Å². The largest absolute Gasteiger partial charge is 0.458 e. The van der Waals surface area contributed by atoms with E-state index < -0.39 is 54.2 Å². The Labute approximate surface area is 222 Å². The van der Waals surface area contributed by atoms with E-state index in [2.05, 4.69) is 15.0 Å². The third-order valence-corrected chi connectivity index (χ3v) is 8.18. The summed E-state index contributed by atoms with van der Waals surface area (Å²) in [4.78, 5) is 33.4. The summed E-state index contributed by atoms with van der Waals surface area (Å²) in [6, 6.07) is -0.763. The number of aliphatic hydroxyl groups excluding tert-OH is 3. The van der Waals surface area contributed by atoms with E-state index in [1.165, 1.54) is 11.3 Å². The van der Waals surface area contributed by atoms with Crippen molar-refractivity contribution in [3.8, 4) is 0 Å². The molecule has 2 rings (SSSR count). The van der Waals surface area contributed by atoms with Gasteiger partial charge in [-0.3, -0.25) is 9.59 Å². The lowest BCUT2D eigenvalue weighted by atomic mass is 9.73. The summed E-state index contributed by atoms with van der Waals surface area (Å²) in [5.74, 6) is -2.08. The predicted octanol–water partition coefficient (Wildman–Crippen LogP) is 4.36. The van der Waals surface area contributed by atoms with Crippen molar-refractivity contribution in [1.82, 2.24) is 4.98 Å². The maximum absolute atomic E-state index is 13.2. The van der Waals surface area contributed by atoms with Crippen molar-refractivity contribution >= 4 is 29.2 Å².